The molecule has 3 aromatic heterocycles. The number of halogens is 1. The van der Waals surface area contributed by atoms with Gasteiger partial charge in [-0.15, -0.1) is 0 Å². The number of aromatic nitrogens is 5. The molecule has 4 aliphatic rings. The largest absolute Gasteiger partial charge is 0.350 e. The number of aryl methyl sites for hydroxylation is 1. The van der Waals surface area contributed by atoms with Gasteiger partial charge in [0.15, 0.2) is 11.3 Å². The summed E-state index contributed by atoms with van der Waals surface area (Å²) in [7, 11) is 0. The Hall–Kier alpha value is -2.22. The Balaban J connectivity index is 1.25. The molecule has 4 bridgehead atoms. The lowest BCUT2D eigenvalue weighted by atomic mass is 9.49. The van der Waals surface area contributed by atoms with E-state index in [1.54, 1.807) is 16.8 Å². The Kier molecular flexibility index (Phi) is 4.49. The molecule has 0 radical (unpaired) electrons. The van der Waals surface area contributed by atoms with E-state index in [4.69, 9.17) is 0 Å². The molecule has 3 heterocycles. The van der Waals surface area contributed by atoms with Crippen molar-refractivity contribution < 1.29 is 4.79 Å². The van der Waals surface area contributed by atoms with E-state index in [-0.39, 0.29) is 5.91 Å². The number of amides is 1. The Morgan fingerprint density at radius 2 is 1.90 bits per heavy atom. The predicted molar refractivity (Wildman–Crippen MR) is 121 cm³/mol. The van der Waals surface area contributed by atoms with Crippen molar-refractivity contribution in [3.8, 4) is 11.4 Å². The zero-order chi connectivity index (χ0) is 21.2. The monoisotopic (exact) mass is 482 g/mol. The molecule has 1 amide bonds. The first kappa shape index (κ1) is 19.5. The molecule has 0 aromatic carbocycles. The van der Waals surface area contributed by atoms with E-state index < -0.39 is 0 Å². The molecule has 7 rings (SSSR count). The van der Waals surface area contributed by atoms with E-state index in [9.17, 15) is 4.79 Å². The summed E-state index contributed by atoms with van der Waals surface area (Å²) in [6, 6.07) is 3.65. The van der Waals surface area contributed by atoms with Gasteiger partial charge in [0, 0.05) is 31.5 Å². The van der Waals surface area contributed by atoms with Crippen molar-refractivity contribution in [2.45, 2.75) is 52.0 Å². The minimum atomic E-state index is -0.106. The lowest BCUT2D eigenvalue weighted by Gasteiger charge is -2.56. The SMILES string of the molecule is CCn1cc(Br)c(-c2ccnc3cc(C(=O)NCC45CC6CC(CC(C6)C4)C5)nn23)n1. The number of carbonyl (C=O) groups is 1. The average molecular weight is 483 g/mol. The smallest absolute Gasteiger partial charge is 0.271 e. The van der Waals surface area contributed by atoms with Crippen molar-refractivity contribution in [3.63, 3.8) is 0 Å². The molecule has 0 atom stereocenters. The van der Waals surface area contributed by atoms with Gasteiger partial charge in [-0.1, -0.05) is 0 Å². The Labute approximate surface area is 189 Å². The van der Waals surface area contributed by atoms with E-state index in [1.807, 2.05) is 23.9 Å². The van der Waals surface area contributed by atoms with E-state index >= 15 is 0 Å². The molecular weight excluding hydrogens is 456 g/mol. The summed E-state index contributed by atoms with van der Waals surface area (Å²) in [6.45, 7) is 3.60. The summed E-state index contributed by atoms with van der Waals surface area (Å²) in [4.78, 5) is 17.4. The quantitative estimate of drug-likeness (QED) is 0.587. The third-order valence-electron chi connectivity index (χ3n) is 7.66. The minimum Gasteiger partial charge on any atom is -0.350 e. The molecule has 0 unspecified atom stereocenters. The zero-order valence-corrected chi connectivity index (χ0v) is 19.3. The van der Waals surface area contributed by atoms with Crippen LogP contribution in [0.1, 0.15) is 55.9 Å². The number of carbonyl (C=O) groups excluding carboxylic acids is 1. The lowest BCUT2D eigenvalue weighted by Crippen LogP contribution is -2.51. The summed E-state index contributed by atoms with van der Waals surface area (Å²) >= 11 is 3.59. The van der Waals surface area contributed by atoms with Crippen LogP contribution in [0, 0.1) is 23.2 Å². The van der Waals surface area contributed by atoms with Gasteiger partial charge in [0.05, 0.1) is 10.2 Å². The molecule has 3 aromatic rings. The van der Waals surface area contributed by atoms with Crippen LogP contribution in [0.25, 0.3) is 17.0 Å². The standard InChI is InChI=1S/C23H27BrN6O/c1-2-29-12-17(24)21(28-29)19-3-4-25-20-8-18(27-30(19)20)22(31)26-13-23-9-14-5-15(10-23)7-16(6-14)11-23/h3-4,8,12,14-16H,2,5-7,9-11,13H2,1H3,(H,26,31). The van der Waals surface area contributed by atoms with Gasteiger partial charge in [-0.25, -0.2) is 9.50 Å². The first-order valence-electron chi connectivity index (χ1n) is 11.4. The van der Waals surface area contributed by atoms with Crippen LogP contribution in [0.4, 0.5) is 0 Å². The molecule has 7 nitrogen and oxygen atoms in total. The van der Waals surface area contributed by atoms with Crippen molar-refractivity contribution in [1.82, 2.24) is 29.7 Å². The highest BCUT2D eigenvalue weighted by Gasteiger charge is 2.50. The summed E-state index contributed by atoms with van der Waals surface area (Å²) in [5.41, 5.74) is 2.97. The number of hydrogen-bond acceptors (Lipinski definition) is 4. The summed E-state index contributed by atoms with van der Waals surface area (Å²) in [6.07, 6.45) is 11.8. The fraction of sp³-hybridized carbons (Fsp3) is 0.565. The van der Waals surface area contributed by atoms with Crippen LogP contribution in [0.5, 0.6) is 0 Å². The highest BCUT2D eigenvalue weighted by atomic mass is 79.9. The van der Waals surface area contributed by atoms with Crippen LogP contribution in [0.15, 0.2) is 29.0 Å². The van der Waals surface area contributed by atoms with Gasteiger partial charge >= 0.3 is 0 Å². The normalized spacial score (nSPS) is 29.0. The van der Waals surface area contributed by atoms with Crippen molar-refractivity contribution in [1.29, 1.82) is 0 Å². The molecule has 4 fully saturated rings. The first-order valence-corrected chi connectivity index (χ1v) is 12.2. The molecule has 31 heavy (non-hydrogen) atoms. The fourth-order valence-electron chi connectivity index (χ4n) is 6.78. The molecular formula is C23H27BrN6O. The van der Waals surface area contributed by atoms with E-state index in [1.165, 1.54) is 38.5 Å². The van der Waals surface area contributed by atoms with Crippen molar-refractivity contribution in [3.05, 3.63) is 34.7 Å². The average Bonchev–Trinajstić information content (AvgIpc) is 3.34. The fourth-order valence-corrected chi connectivity index (χ4v) is 7.30. The molecule has 0 spiro atoms. The summed E-state index contributed by atoms with van der Waals surface area (Å²) in [5, 5.41) is 12.5. The van der Waals surface area contributed by atoms with Crippen LogP contribution >= 0.6 is 15.9 Å². The number of nitrogens with zero attached hydrogens (tertiary/aromatic N) is 5. The van der Waals surface area contributed by atoms with Gasteiger partial charge in [-0.05, 0) is 90.6 Å². The van der Waals surface area contributed by atoms with Crippen molar-refractivity contribution >= 4 is 27.5 Å². The van der Waals surface area contributed by atoms with Crippen LogP contribution in [-0.4, -0.2) is 36.8 Å². The topological polar surface area (TPSA) is 77.1 Å². The Morgan fingerprint density at radius 1 is 1.19 bits per heavy atom. The van der Waals surface area contributed by atoms with Gasteiger partial charge in [0.2, 0.25) is 0 Å². The van der Waals surface area contributed by atoms with Crippen LogP contribution in [-0.2, 0) is 6.54 Å². The third kappa shape index (κ3) is 3.30. The second kappa shape index (κ2) is 7.15. The predicted octanol–water partition coefficient (Wildman–Crippen LogP) is 4.32. The maximum atomic E-state index is 13.0. The second-order valence-electron chi connectivity index (χ2n) is 9.91. The van der Waals surface area contributed by atoms with Crippen LogP contribution in [0.3, 0.4) is 0 Å². The van der Waals surface area contributed by atoms with Gasteiger partial charge in [0.25, 0.3) is 5.91 Å². The molecule has 162 valence electrons. The third-order valence-corrected chi connectivity index (χ3v) is 8.24. The van der Waals surface area contributed by atoms with Gasteiger partial charge in [0.1, 0.15) is 5.69 Å². The lowest BCUT2D eigenvalue weighted by molar-refractivity contribution is -0.0503. The Bertz CT molecular complexity index is 1130. The molecule has 4 aliphatic carbocycles. The molecule has 8 heteroatoms. The van der Waals surface area contributed by atoms with E-state index in [0.717, 1.165) is 46.7 Å². The number of hydrogen-bond donors (Lipinski definition) is 1. The number of rotatable bonds is 5. The number of nitrogens with one attached hydrogen (secondary N) is 1. The Morgan fingerprint density at radius 3 is 2.55 bits per heavy atom. The van der Waals surface area contributed by atoms with Crippen LogP contribution < -0.4 is 5.32 Å². The van der Waals surface area contributed by atoms with E-state index in [2.05, 4.69) is 36.4 Å². The van der Waals surface area contributed by atoms with Crippen molar-refractivity contribution in [2.75, 3.05) is 6.54 Å². The molecule has 1 N–H and O–H groups in total. The zero-order valence-electron chi connectivity index (χ0n) is 17.7. The van der Waals surface area contributed by atoms with Gasteiger partial charge in [-0.2, -0.15) is 10.2 Å². The van der Waals surface area contributed by atoms with E-state index in [0.29, 0.717) is 16.8 Å². The maximum absolute atomic E-state index is 13.0. The first-order chi connectivity index (χ1) is 15.0. The molecule has 0 saturated heterocycles. The number of fused-ring (bicyclic) bond motifs is 1. The van der Waals surface area contributed by atoms with Crippen molar-refractivity contribution in [2.24, 2.45) is 23.2 Å². The minimum absolute atomic E-state index is 0.106. The van der Waals surface area contributed by atoms with Crippen LogP contribution in [0.2, 0.25) is 0 Å². The maximum Gasteiger partial charge on any atom is 0.271 e. The summed E-state index contributed by atoms with van der Waals surface area (Å²) in [5.74, 6) is 2.54. The molecule has 0 aliphatic heterocycles. The van der Waals surface area contributed by atoms with Gasteiger partial charge in [-0.3, -0.25) is 9.48 Å². The summed E-state index contributed by atoms with van der Waals surface area (Å²) < 4.78 is 4.48. The highest BCUT2D eigenvalue weighted by Crippen LogP contribution is 2.59. The second-order valence-corrected chi connectivity index (χ2v) is 10.8. The highest BCUT2D eigenvalue weighted by molar-refractivity contribution is 9.10. The molecule has 4 saturated carbocycles. The van der Waals surface area contributed by atoms with Gasteiger partial charge < -0.3 is 5.32 Å².